The summed E-state index contributed by atoms with van der Waals surface area (Å²) in [5.41, 5.74) is 4.19. The van der Waals surface area contributed by atoms with Gasteiger partial charge in [-0.1, -0.05) is 24.3 Å². The van der Waals surface area contributed by atoms with Gasteiger partial charge in [0.2, 0.25) is 0 Å². The molecule has 0 radical (unpaired) electrons. The van der Waals surface area contributed by atoms with E-state index in [1.54, 1.807) is 25.1 Å². The van der Waals surface area contributed by atoms with Crippen molar-refractivity contribution in [1.29, 1.82) is 0 Å². The standard InChI is InChI=1S/C22H21NO4/c1-13-9-10-17(11-14(13)2)23-15(3)20(22(26)27-4)18(21(23)25)12-16-7-5-6-8-19(16)24/h5-12,24H,1-4H3/b18-12-. The number of allylic oxidation sites excluding steroid dienone is 1. The van der Waals surface area contributed by atoms with Crippen LogP contribution in [-0.4, -0.2) is 24.1 Å². The minimum absolute atomic E-state index is 0.0318. The van der Waals surface area contributed by atoms with Gasteiger partial charge in [0.05, 0.1) is 18.3 Å². The van der Waals surface area contributed by atoms with E-state index in [0.717, 1.165) is 11.1 Å². The molecule has 0 atom stereocenters. The number of hydrogen-bond acceptors (Lipinski definition) is 4. The number of aryl methyl sites for hydroxylation is 2. The second-order valence-corrected chi connectivity index (χ2v) is 6.48. The number of esters is 1. The van der Waals surface area contributed by atoms with Crippen molar-refractivity contribution in [3.05, 3.63) is 76.0 Å². The number of amides is 1. The lowest BCUT2D eigenvalue weighted by Gasteiger charge is -2.19. The zero-order valence-corrected chi connectivity index (χ0v) is 15.7. The Labute approximate surface area is 158 Å². The van der Waals surface area contributed by atoms with Crippen LogP contribution < -0.4 is 4.90 Å². The van der Waals surface area contributed by atoms with Crippen molar-refractivity contribution in [3.63, 3.8) is 0 Å². The second-order valence-electron chi connectivity index (χ2n) is 6.48. The molecule has 1 amide bonds. The van der Waals surface area contributed by atoms with Gasteiger partial charge in [-0.05, 0) is 56.2 Å². The first kappa shape index (κ1) is 18.5. The predicted molar refractivity (Wildman–Crippen MR) is 104 cm³/mol. The highest BCUT2D eigenvalue weighted by Crippen LogP contribution is 2.36. The molecule has 2 aromatic rings. The number of hydrogen-bond donors (Lipinski definition) is 1. The number of phenols is 1. The van der Waals surface area contributed by atoms with Crippen molar-refractivity contribution in [3.8, 4) is 5.75 Å². The third kappa shape index (κ3) is 3.24. The van der Waals surface area contributed by atoms with Crippen LogP contribution in [0.3, 0.4) is 0 Å². The second kappa shape index (κ2) is 7.11. The fourth-order valence-electron chi connectivity index (χ4n) is 3.12. The molecule has 2 aromatic carbocycles. The summed E-state index contributed by atoms with van der Waals surface area (Å²) in [6, 6.07) is 12.3. The summed E-state index contributed by atoms with van der Waals surface area (Å²) in [6.07, 6.45) is 1.52. The number of rotatable bonds is 3. The van der Waals surface area contributed by atoms with E-state index in [0.29, 0.717) is 16.9 Å². The van der Waals surface area contributed by atoms with E-state index < -0.39 is 5.97 Å². The number of aromatic hydroxyl groups is 1. The molecule has 1 heterocycles. The summed E-state index contributed by atoms with van der Waals surface area (Å²) in [7, 11) is 1.28. The number of carbonyl (C=O) groups is 2. The normalized spacial score (nSPS) is 15.6. The smallest absolute Gasteiger partial charge is 0.340 e. The molecule has 3 rings (SSSR count). The van der Waals surface area contributed by atoms with Gasteiger partial charge in [-0.15, -0.1) is 0 Å². The average molecular weight is 363 g/mol. The largest absolute Gasteiger partial charge is 0.507 e. The van der Waals surface area contributed by atoms with E-state index in [4.69, 9.17) is 4.74 Å². The Morgan fingerprint density at radius 3 is 2.41 bits per heavy atom. The SMILES string of the molecule is COC(=O)C1=C(C)N(c2ccc(C)c(C)c2)C(=O)/C1=C\c1ccccc1O. The van der Waals surface area contributed by atoms with Gasteiger partial charge in [0.1, 0.15) is 5.75 Å². The van der Waals surface area contributed by atoms with Crippen molar-refractivity contribution >= 4 is 23.6 Å². The number of methoxy groups -OCH3 is 1. The molecule has 0 fully saturated rings. The van der Waals surface area contributed by atoms with Crippen LogP contribution in [0.15, 0.2) is 59.3 Å². The average Bonchev–Trinajstić information content (AvgIpc) is 2.89. The quantitative estimate of drug-likeness (QED) is 0.664. The lowest BCUT2D eigenvalue weighted by atomic mass is 10.0. The van der Waals surface area contributed by atoms with Crippen molar-refractivity contribution in [2.45, 2.75) is 20.8 Å². The first-order chi connectivity index (χ1) is 12.8. The summed E-state index contributed by atoms with van der Waals surface area (Å²) in [5.74, 6) is -0.891. The first-order valence-corrected chi connectivity index (χ1v) is 8.56. The molecule has 1 aliphatic rings. The zero-order valence-electron chi connectivity index (χ0n) is 15.7. The lowest BCUT2D eigenvalue weighted by Crippen LogP contribution is -2.24. The first-order valence-electron chi connectivity index (χ1n) is 8.56. The van der Waals surface area contributed by atoms with E-state index in [9.17, 15) is 14.7 Å². The molecule has 0 saturated carbocycles. The molecule has 1 aliphatic heterocycles. The van der Waals surface area contributed by atoms with Gasteiger partial charge in [0.15, 0.2) is 0 Å². The highest BCUT2D eigenvalue weighted by atomic mass is 16.5. The molecule has 138 valence electrons. The maximum Gasteiger partial charge on any atom is 0.340 e. The fraction of sp³-hybridized carbons (Fsp3) is 0.182. The molecule has 0 bridgehead atoms. The fourth-order valence-corrected chi connectivity index (χ4v) is 3.12. The molecule has 1 N–H and O–H groups in total. The maximum atomic E-state index is 13.2. The van der Waals surface area contributed by atoms with Crippen molar-refractivity contribution in [1.82, 2.24) is 0 Å². The van der Waals surface area contributed by atoms with E-state index in [1.807, 2.05) is 32.0 Å². The molecular formula is C22H21NO4. The van der Waals surface area contributed by atoms with Crippen LogP contribution >= 0.6 is 0 Å². The van der Waals surface area contributed by atoms with E-state index in [-0.39, 0.29) is 22.8 Å². The molecule has 0 aliphatic carbocycles. The summed E-state index contributed by atoms with van der Waals surface area (Å²) in [4.78, 5) is 27.1. The Balaban J connectivity index is 2.17. The van der Waals surface area contributed by atoms with E-state index >= 15 is 0 Å². The number of benzene rings is 2. The summed E-state index contributed by atoms with van der Waals surface area (Å²) in [6.45, 7) is 5.68. The summed E-state index contributed by atoms with van der Waals surface area (Å²) < 4.78 is 4.90. The van der Waals surface area contributed by atoms with Crippen LogP contribution in [0, 0.1) is 13.8 Å². The van der Waals surface area contributed by atoms with Crippen LogP contribution in [0.2, 0.25) is 0 Å². The van der Waals surface area contributed by atoms with Crippen LogP contribution in [0.4, 0.5) is 5.69 Å². The minimum atomic E-state index is -0.589. The van der Waals surface area contributed by atoms with Gasteiger partial charge < -0.3 is 9.84 Å². The molecule has 0 unspecified atom stereocenters. The topological polar surface area (TPSA) is 66.8 Å². The highest BCUT2D eigenvalue weighted by molar-refractivity contribution is 6.23. The van der Waals surface area contributed by atoms with E-state index in [2.05, 4.69) is 0 Å². The number of phenolic OH excluding ortho intramolecular Hbond substituents is 1. The van der Waals surface area contributed by atoms with Crippen molar-refractivity contribution in [2.24, 2.45) is 0 Å². The Morgan fingerprint density at radius 2 is 1.78 bits per heavy atom. The summed E-state index contributed by atoms with van der Waals surface area (Å²) in [5, 5.41) is 10.1. The lowest BCUT2D eigenvalue weighted by molar-refractivity contribution is -0.136. The molecule has 5 heteroatoms. The van der Waals surface area contributed by atoms with Gasteiger partial charge in [-0.25, -0.2) is 4.79 Å². The maximum absolute atomic E-state index is 13.2. The molecular weight excluding hydrogens is 342 g/mol. The van der Waals surface area contributed by atoms with Crippen LogP contribution in [0.25, 0.3) is 6.08 Å². The number of para-hydroxylation sites is 1. The Kier molecular flexibility index (Phi) is 4.86. The highest BCUT2D eigenvalue weighted by Gasteiger charge is 2.38. The third-order valence-corrected chi connectivity index (χ3v) is 4.77. The molecule has 5 nitrogen and oxygen atoms in total. The molecule has 27 heavy (non-hydrogen) atoms. The summed E-state index contributed by atoms with van der Waals surface area (Å²) >= 11 is 0. The third-order valence-electron chi connectivity index (χ3n) is 4.77. The van der Waals surface area contributed by atoms with Gasteiger partial charge in [-0.3, -0.25) is 9.69 Å². The van der Waals surface area contributed by atoms with Gasteiger partial charge in [-0.2, -0.15) is 0 Å². The monoisotopic (exact) mass is 363 g/mol. The number of carbonyl (C=O) groups excluding carboxylic acids is 2. The van der Waals surface area contributed by atoms with Crippen LogP contribution in [0.5, 0.6) is 5.75 Å². The zero-order chi connectivity index (χ0) is 19.7. The van der Waals surface area contributed by atoms with Crippen LogP contribution in [0.1, 0.15) is 23.6 Å². The molecule has 0 aromatic heterocycles. The Bertz CT molecular complexity index is 1000. The number of anilines is 1. The van der Waals surface area contributed by atoms with Crippen molar-refractivity contribution in [2.75, 3.05) is 12.0 Å². The Morgan fingerprint density at radius 1 is 1.07 bits per heavy atom. The minimum Gasteiger partial charge on any atom is -0.507 e. The van der Waals surface area contributed by atoms with Crippen molar-refractivity contribution < 1.29 is 19.4 Å². The van der Waals surface area contributed by atoms with E-state index in [1.165, 1.54) is 24.2 Å². The molecule has 0 spiro atoms. The number of nitrogens with zero attached hydrogens (tertiary/aromatic N) is 1. The van der Waals surface area contributed by atoms with Crippen LogP contribution in [-0.2, 0) is 14.3 Å². The predicted octanol–water partition coefficient (Wildman–Crippen LogP) is 3.89. The number of ether oxygens (including phenoxy) is 1. The van der Waals surface area contributed by atoms with Gasteiger partial charge >= 0.3 is 5.97 Å². The Hall–Kier alpha value is -3.34. The molecule has 0 saturated heterocycles. The van der Waals surface area contributed by atoms with Gasteiger partial charge in [0, 0.05) is 16.9 Å². The van der Waals surface area contributed by atoms with Gasteiger partial charge in [0.25, 0.3) is 5.91 Å².